The smallest absolute Gasteiger partial charge is 0.282 e. The minimum atomic E-state index is -0.385. The van der Waals surface area contributed by atoms with Crippen molar-refractivity contribution in [1.29, 1.82) is 0 Å². The Morgan fingerprint density at radius 3 is 2.06 bits per heavy atom. The summed E-state index contributed by atoms with van der Waals surface area (Å²) >= 11 is 0. The lowest BCUT2D eigenvalue weighted by Crippen LogP contribution is -2.32. The Morgan fingerprint density at radius 1 is 0.774 bits per heavy atom. The molecule has 3 aromatic carbocycles. The number of benzene rings is 3. The second-order valence-electron chi connectivity index (χ2n) is 7.68. The van der Waals surface area contributed by atoms with E-state index >= 15 is 0 Å². The molecule has 1 aliphatic heterocycles. The summed E-state index contributed by atoms with van der Waals surface area (Å²) in [5.74, 6) is -0.0858. The number of nitrogens with one attached hydrogen (secondary N) is 1. The molecule has 5 nitrogen and oxygen atoms in total. The van der Waals surface area contributed by atoms with Crippen LogP contribution in [0, 0.1) is 20.8 Å². The first-order valence-corrected chi connectivity index (χ1v) is 10.1. The molecule has 0 atom stereocenters. The Morgan fingerprint density at radius 2 is 1.45 bits per heavy atom. The zero-order chi connectivity index (χ0) is 22.1. The van der Waals surface area contributed by atoms with E-state index in [0.717, 1.165) is 22.4 Å². The first-order valence-electron chi connectivity index (χ1n) is 10.1. The van der Waals surface area contributed by atoms with Crippen LogP contribution >= 0.6 is 0 Å². The molecule has 0 aliphatic carbocycles. The summed E-state index contributed by atoms with van der Waals surface area (Å²) in [6, 6.07) is 20.4. The van der Waals surface area contributed by atoms with Gasteiger partial charge in [0.05, 0.1) is 18.4 Å². The third kappa shape index (κ3) is 3.82. The number of hydrogen-bond donors (Lipinski definition) is 1. The summed E-state index contributed by atoms with van der Waals surface area (Å²) in [5, 5.41) is 3.22. The highest BCUT2D eigenvalue weighted by atomic mass is 16.5. The molecule has 0 unspecified atom stereocenters. The Kier molecular flexibility index (Phi) is 5.34. The number of anilines is 2. The fourth-order valence-electron chi connectivity index (χ4n) is 3.56. The van der Waals surface area contributed by atoms with Gasteiger partial charge in [-0.1, -0.05) is 35.9 Å². The maximum absolute atomic E-state index is 13.5. The number of hydrogen-bond acceptors (Lipinski definition) is 4. The number of amides is 2. The summed E-state index contributed by atoms with van der Waals surface area (Å²) in [7, 11) is 1.57. The lowest BCUT2D eigenvalue weighted by molar-refractivity contribution is -0.120. The van der Waals surface area contributed by atoms with Gasteiger partial charge in [0, 0.05) is 5.69 Å². The van der Waals surface area contributed by atoms with Crippen molar-refractivity contribution in [3.05, 3.63) is 94.7 Å². The van der Waals surface area contributed by atoms with Crippen molar-refractivity contribution in [2.45, 2.75) is 20.8 Å². The molecule has 0 radical (unpaired) electrons. The third-order valence-electron chi connectivity index (χ3n) is 5.53. The van der Waals surface area contributed by atoms with Crippen LogP contribution in [0.5, 0.6) is 5.75 Å². The van der Waals surface area contributed by atoms with Gasteiger partial charge in [-0.15, -0.1) is 0 Å². The normalized spacial score (nSPS) is 13.7. The number of aryl methyl sites for hydroxylation is 3. The van der Waals surface area contributed by atoms with E-state index < -0.39 is 0 Å². The highest BCUT2D eigenvalue weighted by molar-refractivity contribution is 6.46. The van der Waals surface area contributed by atoms with Crippen LogP contribution in [0.2, 0.25) is 0 Å². The van der Waals surface area contributed by atoms with Crippen LogP contribution in [0.1, 0.15) is 22.3 Å². The monoisotopic (exact) mass is 412 g/mol. The fourth-order valence-corrected chi connectivity index (χ4v) is 3.56. The van der Waals surface area contributed by atoms with Gasteiger partial charge in [0.25, 0.3) is 11.8 Å². The van der Waals surface area contributed by atoms with Gasteiger partial charge < -0.3 is 10.1 Å². The summed E-state index contributed by atoms with van der Waals surface area (Å²) in [5.41, 5.74) is 5.94. The number of nitrogens with zero attached hydrogens (tertiary/aromatic N) is 1. The van der Waals surface area contributed by atoms with E-state index in [1.54, 1.807) is 31.4 Å². The van der Waals surface area contributed by atoms with Crippen molar-refractivity contribution in [2.24, 2.45) is 0 Å². The fraction of sp³-hybridized carbons (Fsp3) is 0.154. The maximum atomic E-state index is 13.5. The summed E-state index contributed by atoms with van der Waals surface area (Å²) in [6.45, 7) is 6.03. The molecule has 0 aromatic heterocycles. The van der Waals surface area contributed by atoms with E-state index in [2.05, 4.69) is 5.32 Å². The van der Waals surface area contributed by atoms with Crippen molar-refractivity contribution in [3.8, 4) is 5.75 Å². The predicted octanol–water partition coefficient (Wildman–Crippen LogP) is 5.02. The lowest BCUT2D eigenvalue weighted by atomic mass is 10.0. The van der Waals surface area contributed by atoms with Crippen LogP contribution in [0.4, 0.5) is 11.4 Å². The van der Waals surface area contributed by atoms with Crippen LogP contribution in [-0.4, -0.2) is 18.9 Å². The molecule has 2 amide bonds. The van der Waals surface area contributed by atoms with Crippen molar-refractivity contribution < 1.29 is 14.3 Å². The van der Waals surface area contributed by atoms with E-state index in [1.165, 1.54) is 4.90 Å². The number of methoxy groups -OCH3 is 1. The van der Waals surface area contributed by atoms with E-state index in [1.807, 2.05) is 63.2 Å². The highest BCUT2D eigenvalue weighted by Crippen LogP contribution is 2.34. The molecule has 1 aliphatic rings. The Hall–Kier alpha value is -3.86. The molecular weight excluding hydrogens is 388 g/mol. The first-order chi connectivity index (χ1) is 14.9. The van der Waals surface area contributed by atoms with Crippen molar-refractivity contribution >= 4 is 28.8 Å². The molecule has 1 heterocycles. The van der Waals surface area contributed by atoms with Crippen molar-refractivity contribution in [1.82, 2.24) is 0 Å². The van der Waals surface area contributed by atoms with Gasteiger partial charge in [-0.05, 0) is 73.9 Å². The summed E-state index contributed by atoms with van der Waals surface area (Å²) < 4.78 is 5.20. The Balaban J connectivity index is 1.80. The van der Waals surface area contributed by atoms with E-state index in [0.29, 0.717) is 22.6 Å². The van der Waals surface area contributed by atoms with Gasteiger partial charge in [-0.25, -0.2) is 4.90 Å². The zero-order valence-electron chi connectivity index (χ0n) is 18.0. The SMILES string of the molecule is COc1ccc(N2C(=O)C(Nc3ccc(C)c(C)c3)=C(c3ccc(C)cc3)C2=O)cc1. The predicted molar refractivity (Wildman–Crippen MR) is 123 cm³/mol. The summed E-state index contributed by atoms with van der Waals surface area (Å²) in [6.07, 6.45) is 0. The number of rotatable bonds is 5. The maximum Gasteiger partial charge on any atom is 0.282 e. The molecule has 4 rings (SSSR count). The van der Waals surface area contributed by atoms with Crippen molar-refractivity contribution in [3.63, 3.8) is 0 Å². The molecule has 0 bridgehead atoms. The average Bonchev–Trinajstić information content (AvgIpc) is 3.01. The van der Waals surface area contributed by atoms with Gasteiger partial charge in [0.15, 0.2) is 0 Å². The number of imide groups is 1. The minimum Gasteiger partial charge on any atom is -0.497 e. The van der Waals surface area contributed by atoms with Crippen LogP contribution in [0.3, 0.4) is 0 Å². The Bertz CT molecular complexity index is 1190. The molecule has 156 valence electrons. The highest BCUT2D eigenvalue weighted by Gasteiger charge is 2.40. The van der Waals surface area contributed by atoms with Crippen LogP contribution in [0.25, 0.3) is 5.57 Å². The zero-order valence-corrected chi connectivity index (χ0v) is 18.0. The third-order valence-corrected chi connectivity index (χ3v) is 5.53. The second kappa shape index (κ2) is 8.11. The standard InChI is InChI=1S/C26H24N2O3/c1-16-5-8-19(9-6-16)23-24(27-20-10-7-17(2)18(3)15-20)26(30)28(25(23)29)21-11-13-22(31-4)14-12-21/h5-15,27H,1-4H3. The van der Waals surface area contributed by atoms with Gasteiger partial charge >= 0.3 is 0 Å². The van der Waals surface area contributed by atoms with Crippen molar-refractivity contribution in [2.75, 3.05) is 17.3 Å². The van der Waals surface area contributed by atoms with Gasteiger partial charge in [-0.3, -0.25) is 9.59 Å². The number of carbonyl (C=O) groups excluding carboxylic acids is 2. The molecule has 0 saturated heterocycles. The molecule has 5 heteroatoms. The largest absolute Gasteiger partial charge is 0.497 e. The molecular formula is C26H24N2O3. The van der Waals surface area contributed by atoms with Crippen LogP contribution in [-0.2, 0) is 9.59 Å². The first kappa shape index (κ1) is 20.4. The van der Waals surface area contributed by atoms with E-state index in [9.17, 15) is 9.59 Å². The minimum absolute atomic E-state index is 0.271. The van der Waals surface area contributed by atoms with Crippen LogP contribution in [0.15, 0.2) is 72.4 Å². The quantitative estimate of drug-likeness (QED) is 0.598. The lowest BCUT2D eigenvalue weighted by Gasteiger charge is -2.16. The molecule has 1 N–H and O–H groups in total. The van der Waals surface area contributed by atoms with Crippen LogP contribution < -0.4 is 15.0 Å². The number of carbonyl (C=O) groups is 2. The average molecular weight is 412 g/mol. The van der Waals surface area contributed by atoms with Gasteiger partial charge in [0.1, 0.15) is 11.4 Å². The topological polar surface area (TPSA) is 58.6 Å². The van der Waals surface area contributed by atoms with Gasteiger partial charge in [0.2, 0.25) is 0 Å². The van der Waals surface area contributed by atoms with E-state index in [4.69, 9.17) is 4.74 Å². The Labute approximate surface area is 182 Å². The molecule has 0 fully saturated rings. The van der Waals surface area contributed by atoms with Gasteiger partial charge in [-0.2, -0.15) is 0 Å². The molecule has 31 heavy (non-hydrogen) atoms. The molecule has 3 aromatic rings. The molecule has 0 spiro atoms. The second-order valence-corrected chi connectivity index (χ2v) is 7.68. The van der Waals surface area contributed by atoms with E-state index in [-0.39, 0.29) is 17.5 Å². The summed E-state index contributed by atoms with van der Waals surface area (Å²) in [4.78, 5) is 28.1. The molecule has 0 saturated carbocycles. The number of ether oxygens (including phenoxy) is 1.